The van der Waals surface area contributed by atoms with Gasteiger partial charge < -0.3 is 19.9 Å². The molecule has 1 aromatic rings. The Bertz CT molecular complexity index is 609. The van der Waals surface area contributed by atoms with Crippen LogP contribution in [0.3, 0.4) is 0 Å². The number of hydrogen-bond donors (Lipinski definition) is 1. The molecule has 0 bridgehead atoms. The van der Waals surface area contributed by atoms with Crippen molar-refractivity contribution in [3.8, 4) is 5.75 Å². The number of amides is 1. The summed E-state index contributed by atoms with van der Waals surface area (Å²) in [5.74, 6) is 1.18. The zero-order chi connectivity index (χ0) is 20.5. The van der Waals surface area contributed by atoms with E-state index in [0.717, 1.165) is 39.0 Å². The standard InChI is InChI=1S/C22H36FN3O2/c1-17(2)13-26-14-18(16-28-21-8-5-7-20(23)12-21)11-19(15-26)22(27)24-9-6-10-25(3)4/h5,7-8,12,17-19H,6,9-11,13-16H2,1-4H3,(H,24,27)/t18-,19+/m0/s1. The van der Waals surface area contributed by atoms with Crippen LogP contribution < -0.4 is 10.1 Å². The largest absolute Gasteiger partial charge is 0.493 e. The highest BCUT2D eigenvalue weighted by Gasteiger charge is 2.32. The molecule has 1 aromatic carbocycles. The van der Waals surface area contributed by atoms with Gasteiger partial charge in [-0.05, 0) is 51.5 Å². The van der Waals surface area contributed by atoms with Gasteiger partial charge >= 0.3 is 0 Å². The van der Waals surface area contributed by atoms with E-state index < -0.39 is 0 Å². The number of benzene rings is 1. The second-order valence-corrected chi connectivity index (χ2v) is 8.63. The van der Waals surface area contributed by atoms with Gasteiger partial charge in [0.15, 0.2) is 0 Å². The minimum absolute atomic E-state index is 0.0204. The van der Waals surface area contributed by atoms with Gasteiger partial charge in [-0.3, -0.25) is 4.79 Å². The Balaban J connectivity index is 1.90. The Morgan fingerprint density at radius 2 is 2.14 bits per heavy atom. The molecule has 5 nitrogen and oxygen atoms in total. The normalized spacial score (nSPS) is 20.5. The lowest BCUT2D eigenvalue weighted by atomic mass is 9.88. The highest BCUT2D eigenvalue weighted by molar-refractivity contribution is 5.79. The zero-order valence-corrected chi connectivity index (χ0v) is 17.8. The monoisotopic (exact) mass is 393 g/mol. The maximum atomic E-state index is 13.4. The molecule has 1 heterocycles. The first-order valence-corrected chi connectivity index (χ1v) is 10.4. The molecule has 6 heteroatoms. The Labute approximate surface area is 169 Å². The summed E-state index contributed by atoms with van der Waals surface area (Å²) >= 11 is 0. The van der Waals surface area contributed by atoms with Gasteiger partial charge in [-0.25, -0.2) is 4.39 Å². The molecule has 0 aliphatic carbocycles. The van der Waals surface area contributed by atoms with Crippen molar-refractivity contribution in [3.63, 3.8) is 0 Å². The number of piperidine rings is 1. The molecule has 0 spiro atoms. The van der Waals surface area contributed by atoms with Crippen molar-refractivity contribution < 1.29 is 13.9 Å². The summed E-state index contributed by atoms with van der Waals surface area (Å²) in [7, 11) is 4.08. The molecule has 1 saturated heterocycles. The lowest BCUT2D eigenvalue weighted by molar-refractivity contribution is -0.127. The SMILES string of the molecule is CC(C)CN1C[C@@H](COc2cccc(F)c2)C[C@@H](C(=O)NCCCN(C)C)C1. The predicted octanol–water partition coefficient (Wildman–Crippen LogP) is 2.87. The average Bonchev–Trinajstić information content (AvgIpc) is 2.62. The van der Waals surface area contributed by atoms with Crippen LogP contribution in [-0.2, 0) is 4.79 Å². The number of hydrogen-bond acceptors (Lipinski definition) is 4. The quantitative estimate of drug-likeness (QED) is 0.621. The summed E-state index contributed by atoms with van der Waals surface area (Å²) in [5.41, 5.74) is 0. The Hall–Kier alpha value is -1.66. The third-order valence-corrected chi connectivity index (χ3v) is 4.97. The molecule has 0 aromatic heterocycles. The van der Waals surface area contributed by atoms with E-state index in [2.05, 4.69) is 29.0 Å². The van der Waals surface area contributed by atoms with E-state index in [1.807, 2.05) is 14.1 Å². The van der Waals surface area contributed by atoms with Gasteiger partial charge in [0.2, 0.25) is 5.91 Å². The molecule has 1 aliphatic rings. The van der Waals surface area contributed by atoms with E-state index >= 15 is 0 Å². The third kappa shape index (κ3) is 8.15. The molecule has 158 valence electrons. The van der Waals surface area contributed by atoms with Crippen LogP contribution in [0.25, 0.3) is 0 Å². The topological polar surface area (TPSA) is 44.8 Å². The van der Waals surface area contributed by atoms with E-state index in [1.54, 1.807) is 12.1 Å². The maximum absolute atomic E-state index is 13.4. The number of halogens is 1. The van der Waals surface area contributed by atoms with Gasteiger partial charge in [0, 0.05) is 38.2 Å². The number of rotatable bonds is 10. The van der Waals surface area contributed by atoms with Gasteiger partial charge in [0.1, 0.15) is 11.6 Å². The number of carbonyl (C=O) groups excluding carboxylic acids is 1. The molecule has 0 saturated carbocycles. The minimum atomic E-state index is -0.294. The van der Waals surface area contributed by atoms with Crippen LogP contribution in [0.5, 0.6) is 5.75 Å². The molecule has 1 amide bonds. The molecule has 1 fully saturated rings. The van der Waals surface area contributed by atoms with E-state index in [4.69, 9.17) is 4.74 Å². The number of likely N-dealkylation sites (tertiary alicyclic amines) is 1. The first-order valence-electron chi connectivity index (χ1n) is 10.4. The van der Waals surface area contributed by atoms with Gasteiger partial charge in [0.05, 0.1) is 12.5 Å². The molecule has 0 radical (unpaired) electrons. The third-order valence-electron chi connectivity index (χ3n) is 4.97. The van der Waals surface area contributed by atoms with Crippen molar-refractivity contribution in [2.24, 2.45) is 17.8 Å². The maximum Gasteiger partial charge on any atom is 0.224 e. The number of carbonyl (C=O) groups is 1. The second kappa shape index (κ2) is 11.4. The number of nitrogens with zero attached hydrogens (tertiary/aromatic N) is 2. The predicted molar refractivity (Wildman–Crippen MR) is 111 cm³/mol. The Morgan fingerprint density at radius 1 is 1.36 bits per heavy atom. The summed E-state index contributed by atoms with van der Waals surface area (Å²) in [6.45, 7) is 9.26. The van der Waals surface area contributed by atoms with Gasteiger partial charge in [-0.15, -0.1) is 0 Å². The number of ether oxygens (including phenoxy) is 1. The first kappa shape index (κ1) is 22.6. The first-order chi connectivity index (χ1) is 13.3. The molecule has 28 heavy (non-hydrogen) atoms. The van der Waals surface area contributed by atoms with Crippen molar-refractivity contribution in [1.29, 1.82) is 0 Å². The van der Waals surface area contributed by atoms with Gasteiger partial charge in [0.25, 0.3) is 0 Å². The van der Waals surface area contributed by atoms with Gasteiger partial charge in [-0.2, -0.15) is 0 Å². The molecule has 0 unspecified atom stereocenters. The van der Waals surface area contributed by atoms with Crippen molar-refractivity contribution in [1.82, 2.24) is 15.1 Å². The Morgan fingerprint density at radius 3 is 2.82 bits per heavy atom. The molecular weight excluding hydrogens is 357 g/mol. The van der Waals surface area contributed by atoms with E-state index in [9.17, 15) is 9.18 Å². The zero-order valence-electron chi connectivity index (χ0n) is 17.8. The van der Waals surface area contributed by atoms with Crippen molar-refractivity contribution in [2.75, 3.05) is 53.4 Å². The molecule has 2 atom stereocenters. The lowest BCUT2D eigenvalue weighted by Crippen LogP contribution is -2.48. The highest BCUT2D eigenvalue weighted by Crippen LogP contribution is 2.24. The van der Waals surface area contributed by atoms with Crippen molar-refractivity contribution in [2.45, 2.75) is 26.7 Å². The van der Waals surface area contributed by atoms with Crippen LogP contribution in [-0.4, -0.2) is 69.1 Å². The lowest BCUT2D eigenvalue weighted by Gasteiger charge is -2.38. The van der Waals surface area contributed by atoms with E-state index in [0.29, 0.717) is 24.8 Å². The summed E-state index contributed by atoms with van der Waals surface area (Å²) in [5, 5.41) is 3.10. The fraction of sp³-hybridized carbons (Fsp3) is 0.682. The van der Waals surface area contributed by atoms with E-state index in [-0.39, 0.29) is 23.6 Å². The van der Waals surface area contributed by atoms with Crippen LogP contribution >= 0.6 is 0 Å². The fourth-order valence-electron chi connectivity index (χ4n) is 3.80. The minimum Gasteiger partial charge on any atom is -0.493 e. The molecule has 1 aliphatic heterocycles. The van der Waals surface area contributed by atoms with Crippen molar-refractivity contribution >= 4 is 5.91 Å². The van der Waals surface area contributed by atoms with Crippen LogP contribution in [0.1, 0.15) is 26.7 Å². The van der Waals surface area contributed by atoms with Crippen molar-refractivity contribution in [3.05, 3.63) is 30.1 Å². The molecule has 2 rings (SSSR count). The molecule has 1 N–H and O–H groups in total. The summed E-state index contributed by atoms with van der Waals surface area (Å²) in [6, 6.07) is 6.24. The summed E-state index contributed by atoms with van der Waals surface area (Å²) < 4.78 is 19.2. The smallest absolute Gasteiger partial charge is 0.224 e. The van der Waals surface area contributed by atoms with Gasteiger partial charge in [-0.1, -0.05) is 19.9 Å². The summed E-state index contributed by atoms with van der Waals surface area (Å²) in [4.78, 5) is 17.2. The summed E-state index contributed by atoms with van der Waals surface area (Å²) in [6.07, 6.45) is 1.76. The van der Waals surface area contributed by atoms with Crippen LogP contribution in [0.2, 0.25) is 0 Å². The Kier molecular flexibility index (Phi) is 9.19. The van der Waals surface area contributed by atoms with E-state index in [1.165, 1.54) is 12.1 Å². The second-order valence-electron chi connectivity index (χ2n) is 8.63. The highest BCUT2D eigenvalue weighted by atomic mass is 19.1. The van der Waals surface area contributed by atoms with Crippen LogP contribution in [0.15, 0.2) is 24.3 Å². The van der Waals surface area contributed by atoms with Crippen LogP contribution in [0.4, 0.5) is 4.39 Å². The average molecular weight is 394 g/mol. The number of nitrogens with one attached hydrogen (secondary N) is 1. The van der Waals surface area contributed by atoms with Crippen LogP contribution in [0, 0.1) is 23.6 Å². The fourth-order valence-corrected chi connectivity index (χ4v) is 3.80. The molecular formula is C22H36FN3O2.